The van der Waals surface area contributed by atoms with Gasteiger partial charge in [0, 0.05) is 45.9 Å². The Bertz CT molecular complexity index is 602. The SMILES string of the molecule is CCNC(=NCCCN(C)CCOC)NC1CCN(c2ccccc2OC)C1.I. The van der Waals surface area contributed by atoms with Gasteiger partial charge in [-0.3, -0.25) is 4.99 Å². The number of nitrogens with zero attached hydrogens (tertiary/aromatic N) is 3. The molecule has 0 saturated carbocycles. The summed E-state index contributed by atoms with van der Waals surface area (Å²) in [4.78, 5) is 9.41. The van der Waals surface area contributed by atoms with E-state index < -0.39 is 0 Å². The molecule has 0 bridgehead atoms. The summed E-state index contributed by atoms with van der Waals surface area (Å²) in [6.07, 6.45) is 2.12. The van der Waals surface area contributed by atoms with Crippen LogP contribution >= 0.6 is 24.0 Å². The number of benzene rings is 1. The number of nitrogens with one attached hydrogen (secondary N) is 2. The fourth-order valence-corrected chi connectivity index (χ4v) is 3.39. The van der Waals surface area contributed by atoms with Gasteiger partial charge in [-0.15, -0.1) is 24.0 Å². The van der Waals surface area contributed by atoms with E-state index in [-0.39, 0.29) is 24.0 Å². The number of rotatable bonds is 11. The lowest BCUT2D eigenvalue weighted by Gasteiger charge is -2.22. The molecule has 1 saturated heterocycles. The van der Waals surface area contributed by atoms with Gasteiger partial charge in [0.05, 0.1) is 19.4 Å². The van der Waals surface area contributed by atoms with E-state index in [4.69, 9.17) is 14.5 Å². The lowest BCUT2D eigenvalue weighted by atomic mass is 10.2. The third kappa shape index (κ3) is 8.96. The number of halogens is 1. The first-order valence-electron chi connectivity index (χ1n) is 10.3. The molecule has 7 nitrogen and oxygen atoms in total. The number of hydrogen-bond donors (Lipinski definition) is 2. The van der Waals surface area contributed by atoms with Gasteiger partial charge in [-0.2, -0.15) is 0 Å². The lowest BCUT2D eigenvalue weighted by Crippen LogP contribution is -2.44. The maximum absolute atomic E-state index is 5.51. The van der Waals surface area contributed by atoms with Gasteiger partial charge in [0.2, 0.25) is 0 Å². The van der Waals surface area contributed by atoms with Gasteiger partial charge in [0.25, 0.3) is 0 Å². The molecule has 0 aliphatic carbocycles. The standard InChI is InChI=1S/C21H37N5O2.HI/c1-5-22-21(23-12-8-13-25(2)15-16-27-3)24-18-11-14-26(17-18)19-9-6-7-10-20(19)28-4;/h6-7,9-10,18H,5,8,11-17H2,1-4H3,(H2,22,23,24);1H. The van der Waals surface area contributed by atoms with Crippen LogP contribution in [-0.2, 0) is 4.74 Å². The summed E-state index contributed by atoms with van der Waals surface area (Å²) in [6, 6.07) is 8.60. The highest BCUT2D eigenvalue weighted by atomic mass is 127. The Morgan fingerprint density at radius 2 is 2.07 bits per heavy atom. The molecule has 0 amide bonds. The van der Waals surface area contributed by atoms with E-state index in [1.165, 1.54) is 0 Å². The van der Waals surface area contributed by atoms with Crippen molar-refractivity contribution in [3.8, 4) is 5.75 Å². The van der Waals surface area contributed by atoms with E-state index >= 15 is 0 Å². The van der Waals surface area contributed by atoms with Crippen molar-refractivity contribution < 1.29 is 9.47 Å². The highest BCUT2D eigenvalue weighted by molar-refractivity contribution is 14.0. The van der Waals surface area contributed by atoms with Crippen molar-refractivity contribution in [2.24, 2.45) is 4.99 Å². The molecule has 29 heavy (non-hydrogen) atoms. The minimum atomic E-state index is 0. The molecule has 1 aromatic rings. The third-order valence-corrected chi connectivity index (χ3v) is 4.94. The molecule has 2 N–H and O–H groups in total. The summed E-state index contributed by atoms with van der Waals surface area (Å²) in [5.74, 6) is 1.84. The Kier molecular flexibility index (Phi) is 13.0. The Labute approximate surface area is 193 Å². The van der Waals surface area contributed by atoms with Crippen molar-refractivity contribution in [2.45, 2.75) is 25.8 Å². The fraction of sp³-hybridized carbons (Fsp3) is 0.667. The van der Waals surface area contributed by atoms with E-state index in [1.807, 2.05) is 12.1 Å². The summed E-state index contributed by atoms with van der Waals surface area (Å²) in [7, 11) is 5.59. The topological polar surface area (TPSA) is 61.4 Å². The van der Waals surface area contributed by atoms with Crippen LogP contribution in [0.4, 0.5) is 5.69 Å². The zero-order valence-corrected chi connectivity index (χ0v) is 20.6. The van der Waals surface area contributed by atoms with E-state index in [9.17, 15) is 0 Å². The summed E-state index contributed by atoms with van der Waals surface area (Å²) >= 11 is 0. The second kappa shape index (κ2) is 14.7. The normalized spacial score (nSPS) is 16.7. The van der Waals surface area contributed by atoms with Gasteiger partial charge >= 0.3 is 0 Å². The van der Waals surface area contributed by atoms with Gasteiger partial charge in [0.1, 0.15) is 5.75 Å². The van der Waals surface area contributed by atoms with Crippen LogP contribution in [0.3, 0.4) is 0 Å². The Hall–Kier alpha value is -1.26. The van der Waals surface area contributed by atoms with E-state index in [0.29, 0.717) is 6.04 Å². The molecule has 166 valence electrons. The number of ether oxygens (including phenoxy) is 2. The second-order valence-corrected chi connectivity index (χ2v) is 7.16. The monoisotopic (exact) mass is 519 g/mol. The van der Waals surface area contributed by atoms with Gasteiger partial charge < -0.3 is 29.9 Å². The highest BCUT2D eigenvalue weighted by Crippen LogP contribution is 2.30. The fourth-order valence-electron chi connectivity index (χ4n) is 3.39. The number of guanidine groups is 1. The zero-order chi connectivity index (χ0) is 20.2. The van der Waals surface area contributed by atoms with Crippen molar-refractivity contribution in [3.63, 3.8) is 0 Å². The predicted molar refractivity (Wildman–Crippen MR) is 132 cm³/mol. The third-order valence-electron chi connectivity index (χ3n) is 4.94. The molecular formula is C21H38IN5O2. The average Bonchev–Trinajstić information content (AvgIpc) is 3.18. The number of likely N-dealkylation sites (N-methyl/N-ethyl adjacent to an activating group) is 1. The molecule has 0 aromatic heterocycles. The molecule has 1 atom stereocenters. The van der Waals surface area contributed by atoms with Crippen LogP contribution in [0.25, 0.3) is 0 Å². The first-order chi connectivity index (χ1) is 13.7. The van der Waals surface area contributed by atoms with Crippen LogP contribution in [0.2, 0.25) is 0 Å². The molecule has 1 unspecified atom stereocenters. The number of methoxy groups -OCH3 is 2. The van der Waals surface area contributed by atoms with Crippen LogP contribution in [0, 0.1) is 0 Å². The zero-order valence-electron chi connectivity index (χ0n) is 18.3. The van der Waals surface area contributed by atoms with Crippen molar-refractivity contribution in [1.82, 2.24) is 15.5 Å². The first kappa shape index (κ1) is 25.8. The smallest absolute Gasteiger partial charge is 0.191 e. The van der Waals surface area contributed by atoms with E-state index in [1.54, 1.807) is 14.2 Å². The molecule has 1 aromatic carbocycles. The van der Waals surface area contributed by atoms with Crippen molar-refractivity contribution in [2.75, 3.05) is 72.0 Å². The average molecular weight is 519 g/mol. The predicted octanol–water partition coefficient (Wildman–Crippen LogP) is 2.42. The molecule has 2 rings (SSSR count). The number of hydrogen-bond acceptors (Lipinski definition) is 5. The van der Waals surface area contributed by atoms with Gasteiger partial charge in [-0.1, -0.05) is 12.1 Å². The molecule has 0 radical (unpaired) electrons. The molecule has 0 spiro atoms. The van der Waals surface area contributed by atoms with Crippen LogP contribution in [-0.4, -0.2) is 84.0 Å². The summed E-state index contributed by atoms with van der Waals surface area (Å²) in [5, 5.41) is 6.97. The first-order valence-corrected chi connectivity index (χ1v) is 10.3. The molecule has 1 aliphatic heterocycles. The van der Waals surface area contributed by atoms with E-state index in [0.717, 1.165) is 76.1 Å². The maximum atomic E-state index is 5.51. The molecule has 8 heteroatoms. The molecule has 1 aliphatic rings. The summed E-state index contributed by atoms with van der Waals surface area (Å²) in [6.45, 7) is 8.50. The minimum absolute atomic E-state index is 0. The van der Waals surface area contributed by atoms with Gasteiger partial charge in [0.15, 0.2) is 5.96 Å². The van der Waals surface area contributed by atoms with Crippen LogP contribution in [0.5, 0.6) is 5.75 Å². The second-order valence-electron chi connectivity index (χ2n) is 7.16. The van der Waals surface area contributed by atoms with Gasteiger partial charge in [-0.25, -0.2) is 0 Å². The van der Waals surface area contributed by atoms with E-state index in [2.05, 4.69) is 46.5 Å². The Morgan fingerprint density at radius 1 is 1.28 bits per heavy atom. The quantitative estimate of drug-likeness (QED) is 0.203. The largest absolute Gasteiger partial charge is 0.495 e. The lowest BCUT2D eigenvalue weighted by molar-refractivity contribution is 0.161. The molecule has 1 fully saturated rings. The minimum Gasteiger partial charge on any atom is -0.495 e. The highest BCUT2D eigenvalue weighted by Gasteiger charge is 2.25. The maximum Gasteiger partial charge on any atom is 0.191 e. The van der Waals surface area contributed by atoms with Gasteiger partial charge in [-0.05, 0) is 45.5 Å². The van der Waals surface area contributed by atoms with Crippen LogP contribution in [0.1, 0.15) is 19.8 Å². The number of anilines is 1. The summed E-state index contributed by atoms with van der Waals surface area (Å²) < 4.78 is 10.6. The Balaban J connectivity index is 0.00000420. The van der Waals surface area contributed by atoms with Crippen LogP contribution in [0.15, 0.2) is 29.3 Å². The number of para-hydroxylation sites is 2. The molecule has 1 heterocycles. The summed E-state index contributed by atoms with van der Waals surface area (Å²) in [5.41, 5.74) is 1.16. The van der Waals surface area contributed by atoms with Crippen molar-refractivity contribution in [1.29, 1.82) is 0 Å². The Morgan fingerprint density at radius 3 is 2.79 bits per heavy atom. The molecular weight excluding hydrogens is 481 g/mol. The van der Waals surface area contributed by atoms with Crippen molar-refractivity contribution in [3.05, 3.63) is 24.3 Å². The van der Waals surface area contributed by atoms with Crippen LogP contribution < -0.4 is 20.3 Å². The number of aliphatic imine (C=N–C) groups is 1. The van der Waals surface area contributed by atoms with Crippen molar-refractivity contribution >= 4 is 35.6 Å².